The zero-order valence-corrected chi connectivity index (χ0v) is 15.3. The predicted molar refractivity (Wildman–Crippen MR) is 87.8 cm³/mol. The van der Waals surface area contributed by atoms with Gasteiger partial charge in [-0.15, -0.1) is 0 Å². The molecule has 2 unspecified atom stereocenters. The lowest BCUT2D eigenvalue weighted by molar-refractivity contribution is 0.263. The monoisotopic (exact) mass is 401 g/mol. The average Bonchev–Trinajstić information content (AvgIpc) is 2.45. The van der Waals surface area contributed by atoms with Crippen molar-refractivity contribution in [2.45, 2.75) is 43.8 Å². The van der Waals surface area contributed by atoms with Gasteiger partial charge in [-0.25, -0.2) is 21.6 Å². The fourth-order valence-electron chi connectivity index (χ4n) is 3.28. The Bertz CT molecular complexity index is 533. The number of rotatable bonds is 5. The molecule has 0 bridgehead atoms. The summed E-state index contributed by atoms with van der Waals surface area (Å²) < 4.78 is 50.2. The summed E-state index contributed by atoms with van der Waals surface area (Å²) in [4.78, 5) is 0. The van der Waals surface area contributed by atoms with Crippen LogP contribution in [0, 0.1) is 11.8 Å². The largest absolute Gasteiger partial charge is 0.229 e. The molecule has 5 nitrogen and oxygen atoms in total. The molecule has 0 radical (unpaired) electrons. The van der Waals surface area contributed by atoms with Gasteiger partial charge < -0.3 is 0 Å². The van der Waals surface area contributed by atoms with Crippen LogP contribution >= 0.6 is 15.9 Å². The molecule has 1 N–H and O–H groups in total. The molecule has 21 heavy (non-hydrogen) atoms. The van der Waals surface area contributed by atoms with E-state index >= 15 is 0 Å². The smallest absolute Gasteiger partial charge is 0.214 e. The van der Waals surface area contributed by atoms with Crippen LogP contribution in [0.25, 0.3) is 0 Å². The SMILES string of the molecule is O=S1(=O)CCC(S(=O)(=O)NCC2CCCCC2CBr)CC1. The first kappa shape index (κ1) is 17.7. The van der Waals surface area contributed by atoms with Gasteiger partial charge in [0.05, 0.1) is 16.8 Å². The van der Waals surface area contributed by atoms with E-state index in [0.717, 1.165) is 24.6 Å². The van der Waals surface area contributed by atoms with E-state index in [9.17, 15) is 16.8 Å². The van der Waals surface area contributed by atoms with E-state index in [2.05, 4.69) is 20.7 Å². The van der Waals surface area contributed by atoms with E-state index in [1.54, 1.807) is 0 Å². The maximum atomic E-state index is 12.3. The molecule has 1 aliphatic carbocycles. The zero-order valence-electron chi connectivity index (χ0n) is 12.1. The molecule has 1 heterocycles. The quantitative estimate of drug-likeness (QED) is 0.710. The van der Waals surface area contributed by atoms with E-state index in [0.29, 0.717) is 18.4 Å². The topological polar surface area (TPSA) is 80.3 Å². The second kappa shape index (κ2) is 7.27. The van der Waals surface area contributed by atoms with Crippen molar-refractivity contribution in [2.75, 3.05) is 23.4 Å². The van der Waals surface area contributed by atoms with Gasteiger partial charge >= 0.3 is 0 Å². The molecular formula is C13H24BrNO4S2. The van der Waals surface area contributed by atoms with Gasteiger partial charge in [0, 0.05) is 11.9 Å². The Labute approximate surface area is 136 Å². The van der Waals surface area contributed by atoms with E-state index in [-0.39, 0.29) is 24.3 Å². The van der Waals surface area contributed by atoms with E-state index < -0.39 is 25.1 Å². The molecule has 2 rings (SSSR count). The van der Waals surface area contributed by atoms with Crippen molar-refractivity contribution in [1.29, 1.82) is 0 Å². The highest BCUT2D eigenvalue weighted by Gasteiger charge is 2.33. The summed E-state index contributed by atoms with van der Waals surface area (Å²) in [6.07, 6.45) is 5.06. The normalized spacial score (nSPS) is 31.1. The second-order valence-electron chi connectivity index (χ2n) is 6.20. The van der Waals surface area contributed by atoms with Crippen LogP contribution in [-0.4, -0.2) is 45.5 Å². The molecule has 0 spiro atoms. The summed E-state index contributed by atoms with van der Waals surface area (Å²) in [7, 11) is -6.42. The lowest BCUT2D eigenvalue weighted by atomic mass is 9.80. The molecule has 2 aliphatic rings. The van der Waals surface area contributed by atoms with Crippen molar-refractivity contribution < 1.29 is 16.8 Å². The fraction of sp³-hybridized carbons (Fsp3) is 1.00. The summed E-state index contributed by atoms with van der Waals surface area (Å²) in [5.41, 5.74) is 0. The Hall–Kier alpha value is 0.340. The van der Waals surface area contributed by atoms with Gasteiger partial charge in [0.2, 0.25) is 10.0 Å². The molecule has 1 saturated carbocycles. The zero-order chi connectivity index (χ0) is 15.5. The van der Waals surface area contributed by atoms with Crippen LogP contribution in [0.2, 0.25) is 0 Å². The molecule has 0 amide bonds. The number of sulfone groups is 1. The van der Waals surface area contributed by atoms with Gasteiger partial charge in [0.1, 0.15) is 9.84 Å². The molecule has 2 fully saturated rings. The molecule has 0 aromatic heterocycles. The molecule has 0 aromatic rings. The molecule has 2 atom stereocenters. The summed E-state index contributed by atoms with van der Waals surface area (Å²) in [5.74, 6) is 0.909. The number of hydrogen-bond donors (Lipinski definition) is 1. The second-order valence-corrected chi connectivity index (χ2v) is 11.2. The average molecular weight is 402 g/mol. The fourth-order valence-corrected chi connectivity index (χ4v) is 7.46. The number of hydrogen-bond acceptors (Lipinski definition) is 4. The Kier molecular flexibility index (Phi) is 6.13. The van der Waals surface area contributed by atoms with Crippen LogP contribution in [0.4, 0.5) is 0 Å². The lowest BCUT2D eigenvalue weighted by Crippen LogP contribution is -2.42. The van der Waals surface area contributed by atoms with E-state index in [4.69, 9.17) is 0 Å². The van der Waals surface area contributed by atoms with Gasteiger partial charge in [-0.1, -0.05) is 28.8 Å². The Morgan fingerprint density at radius 2 is 1.57 bits per heavy atom. The predicted octanol–water partition coefficient (Wildman–Crippen LogP) is 1.68. The minimum Gasteiger partial charge on any atom is -0.229 e. The number of sulfonamides is 1. The number of alkyl halides is 1. The third-order valence-electron chi connectivity index (χ3n) is 4.75. The lowest BCUT2D eigenvalue weighted by Gasteiger charge is -2.31. The highest BCUT2D eigenvalue weighted by molar-refractivity contribution is 9.09. The molecule has 0 aromatic carbocycles. The van der Waals surface area contributed by atoms with E-state index in [1.165, 1.54) is 6.42 Å². The first-order valence-corrected chi connectivity index (χ1v) is 12.1. The number of nitrogens with one attached hydrogen (secondary N) is 1. The minimum atomic E-state index is -3.39. The molecule has 124 valence electrons. The van der Waals surface area contributed by atoms with Gasteiger partial charge in [0.15, 0.2) is 0 Å². The van der Waals surface area contributed by atoms with Crippen molar-refractivity contribution >= 4 is 35.8 Å². The van der Waals surface area contributed by atoms with Gasteiger partial charge in [-0.3, -0.25) is 0 Å². The highest BCUT2D eigenvalue weighted by Crippen LogP contribution is 2.31. The van der Waals surface area contributed by atoms with Crippen molar-refractivity contribution in [3.63, 3.8) is 0 Å². The first-order chi connectivity index (χ1) is 9.84. The summed E-state index contributed by atoms with van der Waals surface area (Å²) in [6.45, 7) is 0.488. The molecular weight excluding hydrogens is 378 g/mol. The van der Waals surface area contributed by atoms with Crippen molar-refractivity contribution in [3.8, 4) is 0 Å². The maximum absolute atomic E-state index is 12.3. The van der Waals surface area contributed by atoms with Crippen molar-refractivity contribution in [3.05, 3.63) is 0 Å². The minimum absolute atomic E-state index is 0.00791. The molecule has 8 heteroatoms. The molecule has 1 saturated heterocycles. The number of halogens is 1. The summed E-state index contributed by atoms with van der Waals surface area (Å²) in [6, 6.07) is 0. The van der Waals surface area contributed by atoms with Crippen LogP contribution < -0.4 is 4.72 Å². The van der Waals surface area contributed by atoms with Gasteiger partial charge in [0.25, 0.3) is 0 Å². The van der Waals surface area contributed by atoms with Crippen LogP contribution in [-0.2, 0) is 19.9 Å². The summed E-state index contributed by atoms with van der Waals surface area (Å²) in [5, 5.41) is 0.369. The third kappa shape index (κ3) is 4.91. The Balaban J connectivity index is 1.89. The summed E-state index contributed by atoms with van der Waals surface area (Å²) >= 11 is 3.52. The van der Waals surface area contributed by atoms with Gasteiger partial charge in [-0.05, 0) is 37.5 Å². The maximum Gasteiger partial charge on any atom is 0.214 e. The Morgan fingerprint density at radius 1 is 1.00 bits per heavy atom. The standard InChI is InChI=1S/C13H24BrNO4S2/c14-9-11-3-1-2-4-12(11)10-15-21(18,19)13-5-7-20(16,17)8-6-13/h11-13,15H,1-10H2. The molecule has 1 aliphatic heterocycles. The first-order valence-electron chi connectivity index (χ1n) is 7.59. The van der Waals surface area contributed by atoms with Crippen molar-refractivity contribution in [1.82, 2.24) is 4.72 Å². The van der Waals surface area contributed by atoms with Crippen molar-refractivity contribution in [2.24, 2.45) is 11.8 Å². The van der Waals surface area contributed by atoms with Crippen LogP contribution in [0.3, 0.4) is 0 Å². The third-order valence-corrected chi connectivity index (χ3v) is 9.22. The Morgan fingerprint density at radius 3 is 2.14 bits per heavy atom. The van der Waals surface area contributed by atoms with Crippen LogP contribution in [0.1, 0.15) is 38.5 Å². The highest BCUT2D eigenvalue weighted by atomic mass is 79.9. The van der Waals surface area contributed by atoms with Gasteiger partial charge in [-0.2, -0.15) is 0 Å². The van der Waals surface area contributed by atoms with Crippen LogP contribution in [0.5, 0.6) is 0 Å². The van der Waals surface area contributed by atoms with Crippen LogP contribution in [0.15, 0.2) is 0 Å². The van der Waals surface area contributed by atoms with E-state index in [1.807, 2.05) is 0 Å².